The highest BCUT2D eigenvalue weighted by atomic mass is 15.3. The molecule has 1 atom stereocenters. The predicted molar refractivity (Wildman–Crippen MR) is 76.5 cm³/mol. The number of nitrogens with zero attached hydrogens (tertiary/aromatic N) is 4. The number of fused-ring (bicyclic) bond motifs is 1. The van der Waals surface area contributed by atoms with Gasteiger partial charge in [0.1, 0.15) is 5.82 Å². The summed E-state index contributed by atoms with van der Waals surface area (Å²) in [6, 6.07) is 4.00. The molecule has 3 heterocycles. The molecule has 2 aromatic heterocycles. The monoisotopic (exact) mass is 259 g/mol. The fourth-order valence-electron chi connectivity index (χ4n) is 2.75. The zero-order chi connectivity index (χ0) is 13.1. The second-order valence-corrected chi connectivity index (χ2v) is 5.17. The van der Waals surface area contributed by atoms with Crippen LogP contribution in [0.2, 0.25) is 0 Å². The molecule has 0 aromatic carbocycles. The molecule has 0 spiro atoms. The van der Waals surface area contributed by atoms with E-state index in [1.165, 1.54) is 19.4 Å². The fraction of sp³-hybridized carbons (Fsp3) is 0.571. The molecule has 1 unspecified atom stereocenters. The maximum absolute atomic E-state index is 4.68. The van der Waals surface area contributed by atoms with Crippen LogP contribution in [0, 0.1) is 5.92 Å². The molecule has 1 aliphatic rings. The van der Waals surface area contributed by atoms with Crippen molar-refractivity contribution in [2.45, 2.75) is 19.8 Å². The smallest absolute Gasteiger partial charge is 0.157 e. The number of nitrogens with one attached hydrogen (secondary N) is 1. The Balaban J connectivity index is 1.76. The van der Waals surface area contributed by atoms with Gasteiger partial charge in [-0.2, -0.15) is 5.10 Å². The van der Waals surface area contributed by atoms with Crippen LogP contribution in [0.15, 0.2) is 24.5 Å². The number of hydrogen-bond donors (Lipinski definition) is 1. The lowest BCUT2D eigenvalue weighted by atomic mass is 9.99. The van der Waals surface area contributed by atoms with E-state index in [2.05, 4.69) is 33.3 Å². The van der Waals surface area contributed by atoms with Crippen molar-refractivity contribution < 1.29 is 0 Å². The quantitative estimate of drug-likeness (QED) is 0.905. The Kier molecular flexibility index (Phi) is 3.64. The van der Waals surface area contributed by atoms with Crippen molar-refractivity contribution in [2.75, 3.05) is 31.1 Å². The van der Waals surface area contributed by atoms with Crippen LogP contribution < -0.4 is 10.2 Å². The number of piperidine rings is 1. The third-order valence-electron chi connectivity index (χ3n) is 3.83. The van der Waals surface area contributed by atoms with Crippen molar-refractivity contribution in [2.24, 2.45) is 5.92 Å². The molecule has 102 valence electrons. The van der Waals surface area contributed by atoms with Crippen LogP contribution in [-0.2, 0) is 0 Å². The van der Waals surface area contributed by atoms with Crippen molar-refractivity contribution >= 4 is 11.5 Å². The van der Waals surface area contributed by atoms with Crippen molar-refractivity contribution in [3.8, 4) is 0 Å². The zero-order valence-corrected chi connectivity index (χ0v) is 11.4. The van der Waals surface area contributed by atoms with E-state index in [4.69, 9.17) is 0 Å². The first-order valence-corrected chi connectivity index (χ1v) is 7.13. The van der Waals surface area contributed by atoms with Gasteiger partial charge in [-0.3, -0.25) is 0 Å². The summed E-state index contributed by atoms with van der Waals surface area (Å²) in [7, 11) is 0. The topological polar surface area (TPSA) is 45.5 Å². The first kappa shape index (κ1) is 12.4. The van der Waals surface area contributed by atoms with E-state index in [0.717, 1.165) is 37.0 Å². The van der Waals surface area contributed by atoms with Gasteiger partial charge in [-0.05, 0) is 44.8 Å². The van der Waals surface area contributed by atoms with Gasteiger partial charge in [-0.25, -0.2) is 9.50 Å². The molecule has 1 fully saturated rings. The van der Waals surface area contributed by atoms with Gasteiger partial charge in [0.15, 0.2) is 5.65 Å². The van der Waals surface area contributed by atoms with Gasteiger partial charge in [0.05, 0.1) is 6.20 Å². The molecule has 0 radical (unpaired) electrons. The molecule has 1 saturated heterocycles. The van der Waals surface area contributed by atoms with Crippen LogP contribution in [0.1, 0.15) is 19.8 Å². The number of hydrogen-bond acceptors (Lipinski definition) is 4. The Morgan fingerprint density at radius 1 is 1.47 bits per heavy atom. The van der Waals surface area contributed by atoms with Crippen molar-refractivity contribution in [3.63, 3.8) is 0 Å². The first-order chi connectivity index (χ1) is 9.36. The Hall–Kier alpha value is -1.62. The molecular formula is C14H21N5. The van der Waals surface area contributed by atoms with Crippen LogP contribution in [0.5, 0.6) is 0 Å². The second-order valence-electron chi connectivity index (χ2n) is 5.17. The maximum atomic E-state index is 4.68. The van der Waals surface area contributed by atoms with Gasteiger partial charge in [0, 0.05) is 25.4 Å². The molecule has 1 N–H and O–H groups in total. The molecule has 19 heavy (non-hydrogen) atoms. The standard InChI is InChI=1S/C14H21N5/c1-2-18(11-12-4-3-7-15-10-12)13-6-9-19-14(17-13)5-8-16-19/h5-6,8-9,12,15H,2-4,7,10-11H2,1H3. The van der Waals surface area contributed by atoms with Gasteiger partial charge in [-0.1, -0.05) is 0 Å². The minimum absolute atomic E-state index is 0.733. The lowest BCUT2D eigenvalue weighted by Crippen LogP contribution is -2.38. The van der Waals surface area contributed by atoms with Crippen LogP contribution in [0.3, 0.4) is 0 Å². The molecule has 0 saturated carbocycles. The summed E-state index contributed by atoms with van der Waals surface area (Å²) in [6.45, 7) is 6.57. The molecule has 5 heteroatoms. The van der Waals surface area contributed by atoms with E-state index in [0.29, 0.717) is 0 Å². The van der Waals surface area contributed by atoms with Gasteiger partial charge >= 0.3 is 0 Å². The first-order valence-electron chi connectivity index (χ1n) is 7.13. The van der Waals surface area contributed by atoms with E-state index < -0.39 is 0 Å². The highest BCUT2D eigenvalue weighted by molar-refractivity contribution is 5.47. The molecule has 0 aliphatic carbocycles. The molecule has 0 amide bonds. The third-order valence-corrected chi connectivity index (χ3v) is 3.83. The van der Waals surface area contributed by atoms with Crippen molar-refractivity contribution in [1.29, 1.82) is 0 Å². The second kappa shape index (κ2) is 5.57. The summed E-state index contributed by atoms with van der Waals surface area (Å²) in [5, 5.41) is 7.67. The van der Waals surface area contributed by atoms with Gasteiger partial charge in [0.2, 0.25) is 0 Å². The summed E-state index contributed by atoms with van der Waals surface area (Å²) in [5.74, 6) is 1.79. The van der Waals surface area contributed by atoms with Crippen LogP contribution in [-0.4, -0.2) is 40.8 Å². The number of aromatic nitrogens is 3. The fourth-order valence-corrected chi connectivity index (χ4v) is 2.75. The van der Waals surface area contributed by atoms with Crippen LogP contribution in [0.4, 0.5) is 5.82 Å². The Morgan fingerprint density at radius 2 is 2.42 bits per heavy atom. The molecule has 0 bridgehead atoms. The molecule has 3 rings (SSSR count). The summed E-state index contributed by atoms with van der Waals surface area (Å²) in [6.07, 6.45) is 6.38. The minimum atomic E-state index is 0.733. The third kappa shape index (κ3) is 2.71. The Bertz CT molecular complexity index is 529. The lowest BCUT2D eigenvalue weighted by Gasteiger charge is -2.30. The summed E-state index contributed by atoms with van der Waals surface area (Å²) in [5.41, 5.74) is 0.915. The molecule has 2 aromatic rings. The molecular weight excluding hydrogens is 238 g/mol. The van der Waals surface area contributed by atoms with Gasteiger partial charge < -0.3 is 10.2 Å². The van der Waals surface area contributed by atoms with E-state index >= 15 is 0 Å². The summed E-state index contributed by atoms with van der Waals surface area (Å²) >= 11 is 0. The summed E-state index contributed by atoms with van der Waals surface area (Å²) < 4.78 is 1.81. The van der Waals surface area contributed by atoms with E-state index in [-0.39, 0.29) is 0 Å². The largest absolute Gasteiger partial charge is 0.356 e. The predicted octanol–water partition coefficient (Wildman–Crippen LogP) is 1.56. The average Bonchev–Trinajstić information content (AvgIpc) is 2.93. The summed E-state index contributed by atoms with van der Waals surface area (Å²) in [4.78, 5) is 7.04. The number of rotatable bonds is 4. The van der Waals surface area contributed by atoms with Crippen LogP contribution >= 0.6 is 0 Å². The zero-order valence-electron chi connectivity index (χ0n) is 11.4. The average molecular weight is 259 g/mol. The van der Waals surface area contributed by atoms with Crippen molar-refractivity contribution in [1.82, 2.24) is 19.9 Å². The van der Waals surface area contributed by atoms with Gasteiger partial charge in [-0.15, -0.1) is 0 Å². The maximum Gasteiger partial charge on any atom is 0.157 e. The highest BCUT2D eigenvalue weighted by Crippen LogP contribution is 2.17. The highest BCUT2D eigenvalue weighted by Gasteiger charge is 2.17. The van der Waals surface area contributed by atoms with Crippen LogP contribution in [0.25, 0.3) is 5.65 Å². The number of anilines is 1. The van der Waals surface area contributed by atoms with Gasteiger partial charge in [0.25, 0.3) is 0 Å². The molecule has 5 nitrogen and oxygen atoms in total. The van der Waals surface area contributed by atoms with Crippen molar-refractivity contribution in [3.05, 3.63) is 24.5 Å². The molecule has 1 aliphatic heterocycles. The Morgan fingerprint density at radius 3 is 3.21 bits per heavy atom. The Labute approximate surface area is 113 Å². The lowest BCUT2D eigenvalue weighted by molar-refractivity contribution is 0.377. The minimum Gasteiger partial charge on any atom is -0.356 e. The van der Waals surface area contributed by atoms with E-state index in [9.17, 15) is 0 Å². The SMILES string of the molecule is CCN(CC1CCCNC1)c1ccn2nccc2n1. The van der Waals surface area contributed by atoms with E-state index in [1.807, 2.05) is 12.3 Å². The normalized spacial score (nSPS) is 19.7. The van der Waals surface area contributed by atoms with E-state index in [1.54, 1.807) is 10.7 Å².